The largest absolute Gasteiger partial charge is 0.349 e. The lowest BCUT2D eigenvalue weighted by atomic mass is 10.2. The van der Waals surface area contributed by atoms with Crippen LogP contribution in [0, 0.1) is 12.7 Å². The third kappa shape index (κ3) is 4.26. The molecule has 0 aliphatic carbocycles. The maximum absolute atomic E-state index is 12.9. The second-order valence-electron chi connectivity index (χ2n) is 5.23. The number of hydrogen-bond donors (Lipinski definition) is 2. The first-order chi connectivity index (χ1) is 11.6. The Kier molecular flexibility index (Phi) is 5.00. The quantitative estimate of drug-likeness (QED) is 0.677. The van der Waals surface area contributed by atoms with Crippen LogP contribution in [-0.4, -0.2) is 15.2 Å². The first kappa shape index (κ1) is 16.3. The van der Waals surface area contributed by atoms with E-state index in [-0.39, 0.29) is 5.82 Å². The Bertz CT molecular complexity index is 839. The van der Waals surface area contributed by atoms with E-state index in [2.05, 4.69) is 41.7 Å². The van der Waals surface area contributed by atoms with E-state index in [0.29, 0.717) is 18.3 Å². The molecule has 2 aromatic carbocycles. The fourth-order valence-corrected chi connectivity index (χ4v) is 2.42. The molecule has 0 saturated carbocycles. The Morgan fingerprint density at radius 2 is 1.92 bits per heavy atom. The van der Waals surface area contributed by atoms with Gasteiger partial charge in [-0.2, -0.15) is 10.1 Å². The topological polar surface area (TPSA) is 62.7 Å². The number of aromatic nitrogens is 3. The van der Waals surface area contributed by atoms with E-state index in [0.717, 1.165) is 21.3 Å². The lowest BCUT2D eigenvalue weighted by molar-refractivity contribution is 0.627. The van der Waals surface area contributed by atoms with E-state index in [1.807, 2.05) is 25.1 Å². The van der Waals surface area contributed by atoms with Gasteiger partial charge in [0.1, 0.15) is 5.82 Å². The van der Waals surface area contributed by atoms with E-state index < -0.39 is 0 Å². The van der Waals surface area contributed by atoms with E-state index in [1.54, 1.807) is 18.3 Å². The molecule has 24 heavy (non-hydrogen) atoms. The fourth-order valence-electron chi connectivity index (χ4n) is 2.04. The van der Waals surface area contributed by atoms with Crippen LogP contribution in [0.1, 0.15) is 11.1 Å². The van der Waals surface area contributed by atoms with Gasteiger partial charge in [0.05, 0.1) is 6.20 Å². The molecule has 0 radical (unpaired) electrons. The molecule has 7 heteroatoms. The lowest BCUT2D eigenvalue weighted by Gasteiger charge is -2.09. The molecule has 1 aromatic heterocycles. The Balaban J connectivity index is 1.67. The molecule has 0 aliphatic heterocycles. The molecule has 122 valence electrons. The number of nitrogens with one attached hydrogen (secondary N) is 2. The average Bonchev–Trinajstić information content (AvgIpc) is 2.58. The average molecular weight is 388 g/mol. The van der Waals surface area contributed by atoms with Crippen molar-refractivity contribution in [2.75, 3.05) is 10.6 Å². The summed E-state index contributed by atoms with van der Waals surface area (Å²) in [4.78, 5) is 4.37. The number of hydrogen-bond acceptors (Lipinski definition) is 5. The second kappa shape index (κ2) is 7.35. The molecule has 0 aliphatic rings. The first-order valence-electron chi connectivity index (χ1n) is 7.31. The Morgan fingerprint density at radius 3 is 2.67 bits per heavy atom. The number of halogens is 2. The summed E-state index contributed by atoms with van der Waals surface area (Å²) in [7, 11) is 0. The van der Waals surface area contributed by atoms with Crippen molar-refractivity contribution in [3.63, 3.8) is 0 Å². The minimum atomic E-state index is -0.257. The van der Waals surface area contributed by atoms with Crippen LogP contribution < -0.4 is 10.6 Å². The van der Waals surface area contributed by atoms with Gasteiger partial charge in [-0.05, 0) is 42.3 Å². The number of anilines is 3. The van der Waals surface area contributed by atoms with E-state index in [1.165, 1.54) is 12.1 Å². The van der Waals surface area contributed by atoms with Crippen molar-refractivity contribution in [3.05, 3.63) is 70.1 Å². The zero-order valence-electron chi connectivity index (χ0n) is 12.9. The van der Waals surface area contributed by atoms with E-state index in [4.69, 9.17) is 0 Å². The summed E-state index contributed by atoms with van der Waals surface area (Å²) in [5, 5.41) is 14.1. The van der Waals surface area contributed by atoms with Crippen molar-refractivity contribution in [3.8, 4) is 0 Å². The van der Waals surface area contributed by atoms with Gasteiger partial charge in [-0.3, -0.25) is 0 Å². The van der Waals surface area contributed by atoms with Crippen LogP contribution in [0.15, 0.2) is 53.1 Å². The van der Waals surface area contributed by atoms with Crippen molar-refractivity contribution in [2.45, 2.75) is 13.5 Å². The third-order valence-electron chi connectivity index (χ3n) is 3.37. The van der Waals surface area contributed by atoms with Gasteiger partial charge < -0.3 is 10.6 Å². The van der Waals surface area contributed by atoms with Crippen LogP contribution in [0.25, 0.3) is 0 Å². The third-order valence-corrected chi connectivity index (χ3v) is 4.22. The number of rotatable bonds is 5. The fraction of sp³-hybridized carbons (Fsp3) is 0.118. The molecule has 0 bridgehead atoms. The highest BCUT2D eigenvalue weighted by Crippen LogP contribution is 2.22. The van der Waals surface area contributed by atoms with Gasteiger partial charge in [-0.15, -0.1) is 5.10 Å². The van der Waals surface area contributed by atoms with Crippen molar-refractivity contribution >= 4 is 33.4 Å². The normalized spacial score (nSPS) is 10.5. The Labute approximate surface area is 147 Å². The van der Waals surface area contributed by atoms with Crippen LogP contribution >= 0.6 is 15.9 Å². The van der Waals surface area contributed by atoms with Crippen molar-refractivity contribution in [1.29, 1.82) is 0 Å². The SMILES string of the molecule is Cc1ccc(Nc2cnnc(NCc3ccc(F)cc3)n2)cc1Br. The van der Waals surface area contributed by atoms with E-state index >= 15 is 0 Å². The highest BCUT2D eigenvalue weighted by atomic mass is 79.9. The predicted octanol–water partition coefficient (Wildman–Crippen LogP) is 4.44. The van der Waals surface area contributed by atoms with Crippen LogP contribution in [0.2, 0.25) is 0 Å². The summed E-state index contributed by atoms with van der Waals surface area (Å²) in [5.74, 6) is 0.727. The monoisotopic (exact) mass is 387 g/mol. The number of nitrogens with zero attached hydrogens (tertiary/aromatic N) is 3. The van der Waals surface area contributed by atoms with Gasteiger partial charge in [-0.1, -0.05) is 34.1 Å². The predicted molar refractivity (Wildman–Crippen MR) is 95.7 cm³/mol. The molecular formula is C17H15BrFN5. The standard InChI is InChI=1S/C17H15BrFN5/c1-11-2-7-14(8-15(11)18)22-16-10-21-24-17(23-16)20-9-12-3-5-13(19)6-4-12/h2-8,10H,9H2,1H3,(H2,20,22,23,24). The van der Waals surface area contributed by atoms with Crippen LogP contribution in [-0.2, 0) is 6.54 Å². The summed E-state index contributed by atoms with van der Waals surface area (Å²) >= 11 is 3.50. The molecule has 3 aromatic rings. The van der Waals surface area contributed by atoms with Crippen molar-refractivity contribution in [2.24, 2.45) is 0 Å². The highest BCUT2D eigenvalue weighted by Gasteiger charge is 2.03. The van der Waals surface area contributed by atoms with Gasteiger partial charge >= 0.3 is 0 Å². The summed E-state index contributed by atoms with van der Waals surface area (Å²) in [6.07, 6.45) is 1.55. The molecule has 0 saturated heterocycles. The van der Waals surface area contributed by atoms with Gasteiger partial charge in [0.15, 0.2) is 5.82 Å². The van der Waals surface area contributed by atoms with Crippen molar-refractivity contribution < 1.29 is 4.39 Å². The zero-order valence-corrected chi connectivity index (χ0v) is 14.5. The zero-order chi connectivity index (χ0) is 16.9. The molecule has 0 unspecified atom stereocenters. The number of aryl methyl sites for hydroxylation is 1. The van der Waals surface area contributed by atoms with Gasteiger partial charge in [0.2, 0.25) is 5.95 Å². The number of benzene rings is 2. The second-order valence-corrected chi connectivity index (χ2v) is 6.09. The smallest absolute Gasteiger partial charge is 0.244 e. The van der Waals surface area contributed by atoms with Crippen molar-refractivity contribution in [1.82, 2.24) is 15.2 Å². The Morgan fingerprint density at radius 1 is 1.12 bits per heavy atom. The molecular weight excluding hydrogens is 373 g/mol. The highest BCUT2D eigenvalue weighted by molar-refractivity contribution is 9.10. The van der Waals surface area contributed by atoms with Crippen LogP contribution in [0.5, 0.6) is 0 Å². The van der Waals surface area contributed by atoms with Crippen LogP contribution in [0.4, 0.5) is 21.8 Å². The minimum absolute atomic E-state index is 0.257. The molecule has 5 nitrogen and oxygen atoms in total. The summed E-state index contributed by atoms with van der Waals surface area (Å²) in [6, 6.07) is 12.2. The van der Waals surface area contributed by atoms with Gasteiger partial charge in [-0.25, -0.2) is 4.39 Å². The maximum atomic E-state index is 12.9. The molecule has 1 heterocycles. The molecule has 2 N–H and O–H groups in total. The molecule has 3 rings (SSSR count). The molecule has 0 atom stereocenters. The first-order valence-corrected chi connectivity index (χ1v) is 8.11. The van der Waals surface area contributed by atoms with Crippen LogP contribution in [0.3, 0.4) is 0 Å². The maximum Gasteiger partial charge on any atom is 0.244 e. The summed E-state index contributed by atoms with van der Waals surface area (Å²) in [5.41, 5.74) is 2.99. The molecule has 0 amide bonds. The minimum Gasteiger partial charge on any atom is -0.349 e. The lowest BCUT2D eigenvalue weighted by Crippen LogP contribution is -2.06. The van der Waals surface area contributed by atoms with Gasteiger partial charge in [0, 0.05) is 16.7 Å². The van der Waals surface area contributed by atoms with E-state index in [9.17, 15) is 4.39 Å². The summed E-state index contributed by atoms with van der Waals surface area (Å²) in [6.45, 7) is 2.51. The Hall–Kier alpha value is -2.54. The molecule has 0 spiro atoms. The van der Waals surface area contributed by atoms with Gasteiger partial charge in [0.25, 0.3) is 0 Å². The molecule has 0 fully saturated rings. The summed E-state index contributed by atoms with van der Waals surface area (Å²) < 4.78 is 13.9.